The number of aliphatic hydroxyl groups is 1. The lowest BCUT2D eigenvalue weighted by molar-refractivity contribution is 0.291. The molecule has 0 aliphatic rings. The average molecular weight is 740 g/mol. The normalized spacial score (nSPS) is 10.8. The Kier molecular flexibility index (Phi) is 13.5. The van der Waals surface area contributed by atoms with Crippen molar-refractivity contribution in [2.45, 2.75) is 39.8 Å². The Morgan fingerprint density at radius 2 is 1.65 bits per heavy atom. The van der Waals surface area contributed by atoms with Crippen LogP contribution in [-0.2, 0) is 32.8 Å². The molecule has 1 aromatic heterocycles. The van der Waals surface area contributed by atoms with Crippen molar-refractivity contribution in [1.29, 1.82) is 10.7 Å². The van der Waals surface area contributed by atoms with Crippen LogP contribution in [0, 0.1) is 23.7 Å². The van der Waals surface area contributed by atoms with Gasteiger partial charge in [-0.1, -0.05) is 53.5 Å². The summed E-state index contributed by atoms with van der Waals surface area (Å²) in [4.78, 5) is 4.10. The first kappa shape index (κ1) is 38.1. The number of aliphatic hydroxyl groups excluding tert-OH is 1. The lowest BCUT2D eigenvalue weighted by atomic mass is 9.92. The monoisotopic (exact) mass is 738 g/mol. The third-order valence-electron chi connectivity index (χ3n) is 8.55. The fourth-order valence-corrected chi connectivity index (χ4v) is 6.25. The first-order valence-corrected chi connectivity index (χ1v) is 17.3. The van der Waals surface area contributed by atoms with Crippen molar-refractivity contribution >= 4 is 35.1 Å². The minimum Gasteiger partial charge on any atom is -0.496 e. The fourth-order valence-electron chi connectivity index (χ4n) is 5.76. The van der Waals surface area contributed by atoms with E-state index in [4.69, 9.17) is 53.7 Å². The molecule has 268 valence electrons. The number of benzene rings is 4. The smallest absolute Gasteiger partial charge is 0.142 e. The first-order chi connectivity index (χ1) is 25.3. The van der Waals surface area contributed by atoms with Crippen molar-refractivity contribution in [3.05, 3.63) is 134 Å². The lowest BCUT2D eigenvalue weighted by Gasteiger charge is -2.19. The topological polar surface area (TPSA) is 159 Å². The van der Waals surface area contributed by atoms with Gasteiger partial charge in [0.05, 0.1) is 24.3 Å². The summed E-state index contributed by atoms with van der Waals surface area (Å²) in [5.74, 6) is 1.72. The number of nitriles is 1. The molecule has 0 saturated heterocycles. The predicted octanol–water partition coefficient (Wildman–Crippen LogP) is 7.55. The van der Waals surface area contributed by atoms with Gasteiger partial charge in [-0.25, -0.2) is 0 Å². The lowest BCUT2D eigenvalue weighted by Crippen LogP contribution is -2.18. The van der Waals surface area contributed by atoms with Crippen LogP contribution in [0.1, 0.15) is 44.5 Å². The summed E-state index contributed by atoms with van der Waals surface area (Å²) < 4.78 is 17.9. The first-order valence-electron chi connectivity index (χ1n) is 16.5. The quantitative estimate of drug-likeness (QED) is 0.0480. The molecule has 0 unspecified atom stereocenters. The minimum atomic E-state index is 0.0367. The molecule has 0 fully saturated rings. The van der Waals surface area contributed by atoms with Crippen LogP contribution in [0.5, 0.6) is 17.2 Å². The number of anilines is 1. The number of nitrogens with zero attached hydrogens (tertiary/aromatic N) is 2. The van der Waals surface area contributed by atoms with E-state index >= 15 is 0 Å². The summed E-state index contributed by atoms with van der Waals surface area (Å²) >= 11 is 13.3. The van der Waals surface area contributed by atoms with E-state index in [1.165, 1.54) is 12.4 Å². The number of nitrogens with two attached hydrogens (primary N) is 1. The molecule has 52 heavy (non-hydrogen) atoms. The second kappa shape index (κ2) is 18.4. The molecule has 0 saturated carbocycles. The third kappa shape index (κ3) is 9.19. The Balaban J connectivity index is 1.34. The SMILES string of the molecule is COc1cc(OCc2cccc(-c3cccc(NCc4cc(OCc5cncc(C#N)c5)c(CN)cc4Cl)c3C=N)c2C)c(Cl)cc1CNCCO. The molecule has 10 nitrogen and oxygen atoms in total. The van der Waals surface area contributed by atoms with Gasteiger partial charge in [-0.2, -0.15) is 5.26 Å². The highest BCUT2D eigenvalue weighted by Gasteiger charge is 2.16. The zero-order valence-electron chi connectivity index (χ0n) is 28.9. The number of hydrogen-bond acceptors (Lipinski definition) is 10. The van der Waals surface area contributed by atoms with E-state index in [1.54, 1.807) is 37.6 Å². The molecule has 0 radical (unpaired) electrons. The second-order valence-electron chi connectivity index (χ2n) is 11.9. The van der Waals surface area contributed by atoms with E-state index in [9.17, 15) is 5.26 Å². The molecule has 5 aromatic rings. The number of ether oxygens (including phenoxy) is 3. The Labute approximate surface area is 313 Å². The Hall–Kier alpha value is -5.15. The molecule has 4 aromatic carbocycles. The van der Waals surface area contributed by atoms with E-state index in [-0.39, 0.29) is 26.4 Å². The zero-order valence-corrected chi connectivity index (χ0v) is 30.4. The van der Waals surface area contributed by atoms with Crippen molar-refractivity contribution in [2.75, 3.05) is 25.6 Å². The van der Waals surface area contributed by atoms with Crippen molar-refractivity contribution in [2.24, 2.45) is 5.73 Å². The highest BCUT2D eigenvalue weighted by Crippen LogP contribution is 2.36. The van der Waals surface area contributed by atoms with Gasteiger partial charge in [0.25, 0.3) is 0 Å². The molecule has 0 spiro atoms. The number of pyridine rings is 1. The molecule has 6 N–H and O–H groups in total. The molecule has 0 aliphatic carbocycles. The number of aromatic nitrogens is 1. The van der Waals surface area contributed by atoms with Gasteiger partial charge >= 0.3 is 0 Å². The highest BCUT2D eigenvalue weighted by atomic mass is 35.5. The molecular formula is C40H40Cl2N6O4. The fraction of sp³-hybridized carbons (Fsp3) is 0.225. The van der Waals surface area contributed by atoms with Crippen molar-refractivity contribution in [1.82, 2.24) is 10.3 Å². The number of methoxy groups -OCH3 is 1. The Morgan fingerprint density at radius 3 is 2.40 bits per heavy atom. The van der Waals surface area contributed by atoms with Gasteiger partial charge in [0.1, 0.15) is 36.5 Å². The average Bonchev–Trinajstić information content (AvgIpc) is 3.16. The zero-order chi connectivity index (χ0) is 37.0. The molecule has 0 amide bonds. The molecule has 0 aliphatic heterocycles. The van der Waals surface area contributed by atoms with Crippen LogP contribution in [0.25, 0.3) is 11.1 Å². The van der Waals surface area contributed by atoms with Gasteiger partial charge in [0.15, 0.2) is 0 Å². The minimum absolute atomic E-state index is 0.0367. The summed E-state index contributed by atoms with van der Waals surface area (Å²) in [6, 6.07) is 23.0. The van der Waals surface area contributed by atoms with Crippen molar-refractivity contribution in [3.63, 3.8) is 0 Å². The van der Waals surface area contributed by atoms with Gasteiger partial charge in [-0.3, -0.25) is 4.98 Å². The van der Waals surface area contributed by atoms with Crippen LogP contribution in [-0.4, -0.2) is 36.6 Å². The molecule has 5 rings (SSSR count). The summed E-state index contributed by atoms with van der Waals surface area (Å²) in [6.45, 7) is 4.11. The van der Waals surface area contributed by atoms with Crippen LogP contribution < -0.4 is 30.6 Å². The standard InChI is InChI=1S/C40H40Cl2N6O4/c1-25-28(24-52-40-15-38(50-2)31(13-36(40)42)21-46-9-10-49)5-3-6-32(25)33-7-4-8-37(34(33)18-45)48-22-30-14-39(29(17-44)12-35(30)41)51-23-27-11-26(16-43)19-47-20-27/h3-8,11-15,18-20,45-46,48-49H,9-10,17,21-24,44H2,1-2H3. The summed E-state index contributed by atoms with van der Waals surface area (Å²) in [7, 11) is 1.59. The Bertz CT molecular complexity index is 2090. The van der Waals surface area contributed by atoms with E-state index in [1.807, 2.05) is 49.4 Å². The van der Waals surface area contributed by atoms with Crippen molar-refractivity contribution in [3.8, 4) is 34.4 Å². The largest absolute Gasteiger partial charge is 0.496 e. The maximum absolute atomic E-state index is 9.21. The van der Waals surface area contributed by atoms with Crippen LogP contribution in [0.3, 0.4) is 0 Å². The predicted molar refractivity (Wildman–Crippen MR) is 206 cm³/mol. The molecular weight excluding hydrogens is 699 g/mol. The molecule has 12 heteroatoms. The molecule has 1 heterocycles. The summed E-state index contributed by atoms with van der Waals surface area (Å²) in [5.41, 5.74) is 14.9. The van der Waals surface area contributed by atoms with Crippen molar-refractivity contribution < 1.29 is 19.3 Å². The number of rotatable bonds is 17. The van der Waals surface area contributed by atoms with Gasteiger partial charge in [-0.15, -0.1) is 0 Å². The van der Waals surface area contributed by atoms with Gasteiger partial charge in [0.2, 0.25) is 0 Å². The highest BCUT2D eigenvalue weighted by molar-refractivity contribution is 6.32. The number of nitrogens with one attached hydrogen (secondary N) is 3. The van der Waals surface area contributed by atoms with Crippen LogP contribution in [0.2, 0.25) is 10.0 Å². The Morgan fingerprint density at radius 1 is 0.885 bits per heavy atom. The van der Waals surface area contributed by atoms with Crippen LogP contribution in [0.4, 0.5) is 5.69 Å². The van der Waals surface area contributed by atoms with E-state index in [0.29, 0.717) is 52.5 Å². The third-order valence-corrected chi connectivity index (χ3v) is 9.19. The van der Waals surface area contributed by atoms with Crippen LogP contribution in [0.15, 0.2) is 79.1 Å². The van der Waals surface area contributed by atoms with Gasteiger partial charge in [-0.05, 0) is 65.1 Å². The van der Waals surface area contributed by atoms with Gasteiger partial charge < -0.3 is 41.1 Å². The second-order valence-corrected chi connectivity index (χ2v) is 12.7. The van der Waals surface area contributed by atoms with E-state index < -0.39 is 0 Å². The number of halogens is 2. The number of hydrogen-bond donors (Lipinski definition) is 5. The maximum atomic E-state index is 9.21. The van der Waals surface area contributed by atoms with E-state index in [0.717, 1.165) is 55.8 Å². The van der Waals surface area contributed by atoms with E-state index in [2.05, 4.69) is 21.7 Å². The summed E-state index contributed by atoms with van der Waals surface area (Å²) in [5, 5.41) is 34.3. The summed E-state index contributed by atoms with van der Waals surface area (Å²) in [6.07, 6.45) is 4.51. The molecule has 0 atom stereocenters. The molecule has 0 bridgehead atoms. The van der Waals surface area contributed by atoms with Gasteiger partial charge in [0, 0.05) is 83.8 Å². The van der Waals surface area contributed by atoms with Crippen LogP contribution >= 0.6 is 23.2 Å². The maximum Gasteiger partial charge on any atom is 0.142 e.